The summed E-state index contributed by atoms with van der Waals surface area (Å²) < 4.78 is 3.16. The van der Waals surface area contributed by atoms with Crippen molar-refractivity contribution >= 4 is 27.6 Å². The molecule has 2 nitrogen and oxygen atoms in total. The number of pyridine rings is 1. The number of nitrogens with one attached hydrogen (secondary N) is 1. The number of aromatic nitrogens is 1. The summed E-state index contributed by atoms with van der Waals surface area (Å²) in [5.41, 5.74) is 0. The second-order valence-electron chi connectivity index (χ2n) is 2.08. The molecule has 0 saturated carbocycles. The molecule has 1 N–H and O–H groups in total. The Balaban J connectivity index is 3.10. The van der Waals surface area contributed by atoms with Gasteiger partial charge in [0.25, 0.3) is 0 Å². The van der Waals surface area contributed by atoms with Crippen LogP contribution in [0.1, 0.15) is 6.92 Å². The van der Waals surface area contributed by atoms with Crippen molar-refractivity contribution in [1.29, 1.82) is 0 Å². The van der Waals surface area contributed by atoms with Gasteiger partial charge < -0.3 is 0 Å². The van der Waals surface area contributed by atoms with Gasteiger partial charge in [-0.2, -0.15) is 0 Å². The maximum atomic E-state index is 5.98. The molecule has 0 radical (unpaired) electrons. The molecule has 1 atom stereocenters. The van der Waals surface area contributed by atoms with E-state index in [1.165, 1.54) is 0 Å². The Morgan fingerprint density at radius 3 is 2.92 bits per heavy atom. The number of hydrogen-bond donors (Lipinski definition) is 1. The molecule has 4 heteroatoms. The summed E-state index contributed by atoms with van der Waals surface area (Å²) in [5.74, 6) is 0. The Bertz CT molecular complexity index is 299. The first-order valence-corrected chi connectivity index (χ1v) is 5.25. The Morgan fingerprint density at radius 1 is 1.67 bits per heavy atom. The Kier molecular flexibility index (Phi) is 3.72. The minimum Gasteiger partial charge on any atom is -0.269 e. The van der Waals surface area contributed by atoms with Crippen LogP contribution in [-0.4, -0.2) is 17.4 Å². The van der Waals surface area contributed by atoms with Crippen molar-refractivity contribution in [2.75, 3.05) is 7.05 Å². The van der Waals surface area contributed by atoms with Gasteiger partial charge in [-0.1, -0.05) is 22.3 Å². The van der Waals surface area contributed by atoms with Crippen molar-refractivity contribution in [2.45, 2.75) is 11.8 Å². The van der Waals surface area contributed by atoms with Crippen molar-refractivity contribution in [3.8, 4) is 0 Å². The molecule has 0 aliphatic heterocycles. The van der Waals surface area contributed by atoms with E-state index in [1.54, 1.807) is 18.5 Å². The molecule has 66 valence electrons. The Labute approximate surface area is 80.0 Å². The lowest BCUT2D eigenvalue weighted by atomic mass is 10.5. The zero-order valence-electron chi connectivity index (χ0n) is 7.04. The van der Waals surface area contributed by atoms with Crippen LogP contribution in [0.5, 0.6) is 0 Å². The van der Waals surface area contributed by atoms with Gasteiger partial charge in [-0.15, -0.1) is 0 Å². The highest BCUT2D eigenvalue weighted by atomic mass is 35.5. The highest BCUT2D eigenvalue weighted by Crippen LogP contribution is 2.27. The second-order valence-corrected chi connectivity index (χ2v) is 4.49. The molecule has 1 aromatic rings. The largest absolute Gasteiger partial charge is 0.269 e. The van der Waals surface area contributed by atoms with Crippen LogP contribution >= 0.6 is 22.3 Å². The first-order chi connectivity index (χ1) is 5.79. The number of nitrogens with zero attached hydrogens (tertiary/aromatic N) is 1. The zero-order chi connectivity index (χ0) is 8.97. The van der Waals surface area contributed by atoms with Crippen LogP contribution < -0.4 is 4.72 Å². The fourth-order valence-corrected chi connectivity index (χ4v) is 2.40. The third-order valence-electron chi connectivity index (χ3n) is 1.43. The third kappa shape index (κ3) is 2.06. The second kappa shape index (κ2) is 4.60. The van der Waals surface area contributed by atoms with E-state index < -0.39 is 0 Å². The van der Waals surface area contributed by atoms with E-state index in [0.29, 0.717) is 0 Å². The SMILES string of the molecule is C/C=S(/NC)c1cnccc1Cl. The third-order valence-corrected chi connectivity index (χ3v) is 3.58. The molecular formula is C8H11ClN2S. The van der Waals surface area contributed by atoms with Gasteiger partial charge in [0, 0.05) is 12.4 Å². The van der Waals surface area contributed by atoms with Crippen molar-refractivity contribution < 1.29 is 0 Å². The Hall–Kier alpha value is -0.380. The van der Waals surface area contributed by atoms with E-state index in [1.807, 2.05) is 14.0 Å². The highest BCUT2D eigenvalue weighted by Gasteiger charge is 2.00. The standard InChI is InChI=1S/C8H11ClN2S/c1-3-12(10-2)8-6-11-5-4-7(8)9/h3-6,10H,1-2H3. The highest BCUT2D eigenvalue weighted by molar-refractivity contribution is 8.13. The van der Waals surface area contributed by atoms with Gasteiger partial charge in [0.1, 0.15) is 0 Å². The van der Waals surface area contributed by atoms with E-state index in [4.69, 9.17) is 11.6 Å². The van der Waals surface area contributed by atoms with Gasteiger partial charge in [-0.3, -0.25) is 9.71 Å². The molecule has 0 aromatic carbocycles. The number of hydrogen-bond acceptors (Lipinski definition) is 2. The molecule has 0 amide bonds. The normalized spacial score (nSPS) is 13.2. The molecule has 0 fully saturated rings. The van der Waals surface area contributed by atoms with Crippen LogP contribution in [0.4, 0.5) is 0 Å². The predicted octanol–water partition coefficient (Wildman–Crippen LogP) is 2.32. The van der Waals surface area contributed by atoms with Crippen LogP contribution in [0.2, 0.25) is 5.02 Å². The molecule has 1 rings (SSSR count). The smallest absolute Gasteiger partial charge is 0.0580 e. The summed E-state index contributed by atoms with van der Waals surface area (Å²) in [6, 6.07) is 1.80. The summed E-state index contributed by atoms with van der Waals surface area (Å²) in [7, 11) is 1.83. The lowest BCUT2D eigenvalue weighted by Crippen LogP contribution is -1.98. The van der Waals surface area contributed by atoms with Gasteiger partial charge >= 0.3 is 0 Å². The summed E-state index contributed by atoms with van der Waals surface area (Å²) >= 11 is 5.98. The molecule has 0 spiro atoms. The average molecular weight is 203 g/mol. The Morgan fingerprint density at radius 2 is 2.42 bits per heavy atom. The lowest BCUT2D eigenvalue weighted by Gasteiger charge is -2.07. The zero-order valence-corrected chi connectivity index (χ0v) is 8.62. The minimum absolute atomic E-state index is 0.0828. The van der Waals surface area contributed by atoms with Gasteiger partial charge in [0.05, 0.1) is 9.92 Å². The van der Waals surface area contributed by atoms with E-state index in [9.17, 15) is 0 Å². The van der Waals surface area contributed by atoms with Gasteiger partial charge in [-0.05, 0) is 25.4 Å². The molecule has 0 bridgehead atoms. The van der Waals surface area contributed by atoms with E-state index in [2.05, 4.69) is 15.1 Å². The van der Waals surface area contributed by atoms with Crippen LogP contribution in [0.25, 0.3) is 0 Å². The van der Waals surface area contributed by atoms with E-state index in [-0.39, 0.29) is 10.7 Å². The summed E-state index contributed by atoms with van der Waals surface area (Å²) in [5, 5.41) is 2.84. The molecular weight excluding hydrogens is 192 g/mol. The molecule has 0 aliphatic rings. The topological polar surface area (TPSA) is 24.9 Å². The number of rotatable bonds is 2. The maximum absolute atomic E-state index is 5.98. The van der Waals surface area contributed by atoms with Crippen molar-refractivity contribution in [1.82, 2.24) is 9.71 Å². The van der Waals surface area contributed by atoms with Crippen LogP contribution in [0.15, 0.2) is 23.4 Å². The van der Waals surface area contributed by atoms with Gasteiger partial charge in [0.15, 0.2) is 0 Å². The molecule has 12 heavy (non-hydrogen) atoms. The van der Waals surface area contributed by atoms with Crippen molar-refractivity contribution in [2.24, 2.45) is 0 Å². The molecule has 1 heterocycles. The molecule has 0 aliphatic carbocycles. The minimum atomic E-state index is -0.0828. The predicted molar refractivity (Wildman–Crippen MR) is 55.9 cm³/mol. The van der Waals surface area contributed by atoms with Crippen LogP contribution in [0, 0.1) is 0 Å². The van der Waals surface area contributed by atoms with Gasteiger partial charge in [-0.25, -0.2) is 0 Å². The van der Waals surface area contributed by atoms with Gasteiger partial charge in [0.2, 0.25) is 0 Å². The summed E-state index contributed by atoms with van der Waals surface area (Å²) in [4.78, 5) is 5.07. The van der Waals surface area contributed by atoms with E-state index in [0.717, 1.165) is 9.92 Å². The molecule has 0 saturated heterocycles. The van der Waals surface area contributed by atoms with E-state index >= 15 is 0 Å². The fraction of sp³-hybridized carbons (Fsp3) is 0.250. The fourth-order valence-electron chi connectivity index (χ4n) is 0.880. The monoisotopic (exact) mass is 202 g/mol. The quantitative estimate of drug-likeness (QED) is 0.745. The van der Waals surface area contributed by atoms with Crippen LogP contribution in [0.3, 0.4) is 0 Å². The van der Waals surface area contributed by atoms with Crippen LogP contribution in [-0.2, 0) is 0 Å². The average Bonchev–Trinajstić information content (AvgIpc) is 2.10. The number of halogens is 1. The lowest BCUT2D eigenvalue weighted by molar-refractivity contribution is 1.21. The van der Waals surface area contributed by atoms with Crippen molar-refractivity contribution in [3.63, 3.8) is 0 Å². The first-order valence-electron chi connectivity index (χ1n) is 3.59. The maximum Gasteiger partial charge on any atom is 0.0580 e. The molecule has 1 unspecified atom stereocenters. The molecule has 1 aromatic heterocycles. The van der Waals surface area contributed by atoms with Crippen molar-refractivity contribution in [3.05, 3.63) is 23.5 Å². The summed E-state index contributed by atoms with van der Waals surface area (Å²) in [6.45, 7) is 2.00. The first kappa shape index (κ1) is 9.71. The summed E-state index contributed by atoms with van der Waals surface area (Å²) in [6.07, 6.45) is 3.49.